The van der Waals surface area contributed by atoms with Crippen LogP contribution in [0.4, 0.5) is 0 Å². The fourth-order valence-electron chi connectivity index (χ4n) is 2.99. The highest BCUT2D eigenvalue weighted by molar-refractivity contribution is 5.76. The average Bonchev–Trinajstić information content (AvgIpc) is 3.36. The normalized spacial score (nSPS) is 18.4. The molecule has 0 amide bonds. The third-order valence-corrected chi connectivity index (χ3v) is 4.45. The van der Waals surface area contributed by atoms with E-state index in [1.165, 1.54) is 5.57 Å². The van der Waals surface area contributed by atoms with Crippen molar-refractivity contribution < 1.29 is 9.47 Å². The largest absolute Gasteiger partial charge is 0.495 e. The maximum absolute atomic E-state index is 5.88. The number of ether oxygens (including phenoxy) is 2. The van der Waals surface area contributed by atoms with Crippen molar-refractivity contribution in [3.63, 3.8) is 0 Å². The molecule has 2 aliphatic rings. The molecule has 27 heavy (non-hydrogen) atoms. The van der Waals surface area contributed by atoms with E-state index in [0.717, 1.165) is 35.7 Å². The molecule has 3 heterocycles. The fraction of sp³-hybridized carbons (Fsp3) is 0.316. The predicted octanol–water partition coefficient (Wildman–Crippen LogP) is 2.07. The lowest BCUT2D eigenvalue weighted by Crippen LogP contribution is -2.27. The van der Waals surface area contributed by atoms with Gasteiger partial charge in [0, 0.05) is 31.1 Å². The Kier molecular flexibility index (Phi) is 4.78. The molecule has 4 rings (SSSR count). The van der Waals surface area contributed by atoms with Crippen molar-refractivity contribution in [1.29, 1.82) is 0 Å². The smallest absolute Gasteiger partial charge is 0.308 e. The average molecular weight is 366 g/mol. The molecular weight excluding hydrogens is 344 g/mol. The summed E-state index contributed by atoms with van der Waals surface area (Å²) < 4.78 is 13.4. The summed E-state index contributed by atoms with van der Waals surface area (Å²) in [4.78, 5) is 8.45. The minimum absolute atomic E-state index is 0.359. The summed E-state index contributed by atoms with van der Waals surface area (Å²) in [6.07, 6.45) is 8.19. The van der Waals surface area contributed by atoms with Crippen LogP contribution in [0.25, 0.3) is 5.69 Å². The first kappa shape index (κ1) is 17.1. The first-order chi connectivity index (χ1) is 13.2. The van der Waals surface area contributed by atoms with Crippen molar-refractivity contribution in [3.05, 3.63) is 53.6 Å². The van der Waals surface area contributed by atoms with Crippen molar-refractivity contribution in [2.75, 3.05) is 20.2 Å². The van der Waals surface area contributed by atoms with Gasteiger partial charge in [0.2, 0.25) is 6.23 Å². The molecule has 8 nitrogen and oxygen atoms in total. The summed E-state index contributed by atoms with van der Waals surface area (Å²) >= 11 is 0. The van der Waals surface area contributed by atoms with Crippen LogP contribution in [0.5, 0.6) is 5.75 Å². The van der Waals surface area contributed by atoms with E-state index >= 15 is 0 Å². The van der Waals surface area contributed by atoms with Crippen LogP contribution in [0.3, 0.4) is 0 Å². The molecular formula is C19H22N6O2. The molecule has 0 radical (unpaired) electrons. The highest BCUT2D eigenvalue weighted by Crippen LogP contribution is 2.28. The van der Waals surface area contributed by atoms with Crippen LogP contribution in [0.1, 0.15) is 23.9 Å². The van der Waals surface area contributed by atoms with Crippen molar-refractivity contribution in [3.8, 4) is 11.4 Å². The lowest BCUT2D eigenvalue weighted by Gasteiger charge is -2.16. The highest BCUT2D eigenvalue weighted by Gasteiger charge is 2.22. The zero-order valence-electron chi connectivity index (χ0n) is 15.3. The summed E-state index contributed by atoms with van der Waals surface area (Å²) in [6, 6.07) is 6.40. The molecule has 0 aliphatic carbocycles. The number of nitrogens with zero attached hydrogens (tertiary/aromatic N) is 4. The molecule has 140 valence electrons. The summed E-state index contributed by atoms with van der Waals surface area (Å²) in [7, 11) is 1.65. The van der Waals surface area contributed by atoms with Crippen molar-refractivity contribution in [1.82, 2.24) is 20.3 Å². The van der Waals surface area contributed by atoms with E-state index in [2.05, 4.69) is 25.8 Å². The van der Waals surface area contributed by atoms with Crippen LogP contribution in [0, 0.1) is 6.92 Å². The molecule has 0 saturated heterocycles. The van der Waals surface area contributed by atoms with Gasteiger partial charge >= 0.3 is 6.02 Å². The van der Waals surface area contributed by atoms with Crippen LogP contribution < -0.4 is 15.5 Å². The molecule has 1 unspecified atom stereocenters. The second-order valence-corrected chi connectivity index (χ2v) is 6.38. The Morgan fingerprint density at radius 1 is 1.41 bits per heavy atom. The van der Waals surface area contributed by atoms with E-state index in [0.29, 0.717) is 12.6 Å². The number of aliphatic imine (C=N–C) groups is 1. The Balaban J connectivity index is 1.42. The van der Waals surface area contributed by atoms with Gasteiger partial charge in [-0.15, -0.1) is 5.10 Å². The fourth-order valence-corrected chi connectivity index (χ4v) is 2.99. The number of aryl methyl sites for hydroxylation is 1. The third-order valence-electron chi connectivity index (χ3n) is 4.45. The number of imidazole rings is 1. The molecule has 2 aromatic rings. The number of methoxy groups -OCH3 is 1. The summed E-state index contributed by atoms with van der Waals surface area (Å²) in [5, 5.41) is 7.45. The molecule has 0 saturated carbocycles. The molecule has 1 aromatic heterocycles. The maximum Gasteiger partial charge on any atom is 0.308 e. The van der Waals surface area contributed by atoms with Gasteiger partial charge in [-0.2, -0.15) is 0 Å². The maximum atomic E-state index is 5.88. The zero-order chi connectivity index (χ0) is 18.6. The Labute approximate surface area is 157 Å². The van der Waals surface area contributed by atoms with Crippen LogP contribution in [0.2, 0.25) is 0 Å². The molecule has 2 N–H and O–H groups in total. The van der Waals surface area contributed by atoms with Gasteiger partial charge in [-0.3, -0.25) is 10.4 Å². The van der Waals surface area contributed by atoms with Gasteiger partial charge in [-0.05, 0) is 37.1 Å². The first-order valence-electron chi connectivity index (χ1n) is 8.83. The molecule has 1 atom stereocenters. The second kappa shape index (κ2) is 7.53. The summed E-state index contributed by atoms with van der Waals surface area (Å²) in [6.45, 7) is 3.49. The number of hydrogen-bond acceptors (Lipinski definition) is 7. The number of aromatic nitrogens is 2. The number of allylic oxidation sites excluding steroid dienone is 1. The Morgan fingerprint density at radius 3 is 3.07 bits per heavy atom. The minimum atomic E-state index is -0.359. The van der Waals surface area contributed by atoms with E-state index in [-0.39, 0.29) is 6.23 Å². The molecule has 8 heteroatoms. The second-order valence-electron chi connectivity index (χ2n) is 6.38. The van der Waals surface area contributed by atoms with E-state index in [9.17, 15) is 0 Å². The van der Waals surface area contributed by atoms with Gasteiger partial charge in [0.15, 0.2) is 0 Å². The number of rotatable bonds is 5. The standard InChI is InChI=1S/C19H22N6O2/c1-13-11-25(12-22-13)16-4-3-15(9-17(16)26-2)18-23-24-19(27-18)21-10-14-5-7-20-8-6-14/h3-5,7,9,11-12,18,23H,6,8,10H2,1-2H3,(H,21,24). The summed E-state index contributed by atoms with van der Waals surface area (Å²) in [5.74, 6) is 0.739. The van der Waals surface area contributed by atoms with Gasteiger partial charge in [0.1, 0.15) is 5.75 Å². The predicted molar refractivity (Wildman–Crippen MR) is 103 cm³/mol. The van der Waals surface area contributed by atoms with Gasteiger partial charge in [0.25, 0.3) is 0 Å². The number of benzene rings is 1. The monoisotopic (exact) mass is 366 g/mol. The number of amidine groups is 1. The number of hydrazone groups is 1. The van der Waals surface area contributed by atoms with Gasteiger partial charge in [0.05, 0.1) is 24.8 Å². The Morgan fingerprint density at radius 2 is 2.33 bits per heavy atom. The Bertz CT molecular complexity index is 915. The lowest BCUT2D eigenvalue weighted by atomic mass is 10.1. The van der Waals surface area contributed by atoms with Crippen molar-refractivity contribution >= 4 is 12.2 Å². The van der Waals surface area contributed by atoms with E-state index < -0.39 is 0 Å². The molecule has 0 fully saturated rings. The van der Waals surface area contributed by atoms with Crippen molar-refractivity contribution in [2.24, 2.45) is 10.1 Å². The van der Waals surface area contributed by atoms with E-state index in [4.69, 9.17) is 9.47 Å². The van der Waals surface area contributed by atoms with Crippen molar-refractivity contribution in [2.45, 2.75) is 19.6 Å². The molecule has 0 spiro atoms. The van der Waals surface area contributed by atoms with Crippen LogP contribution in [0.15, 0.2) is 52.5 Å². The summed E-state index contributed by atoms with van der Waals surface area (Å²) in [5.41, 5.74) is 7.09. The van der Waals surface area contributed by atoms with Crippen LogP contribution >= 0.6 is 0 Å². The van der Waals surface area contributed by atoms with Gasteiger partial charge < -0.3 is 19.4 Å². The molecule has 0 bridgehead atoms. The first-order valence-corrected chi connectivity index (χ1v) is 8.83. The number of hydrogen-bond donors (Lipinski definition) is 2. The number of nitrogens with one attached hydrogen (secondary N) is 2. The Hall–Kier alpha value is -3.29. The zero-order valence-corrected chi connectivity index (χ0v) is 15.3. The van der Waals surface area contributed by atoms with Crippen LogP contribution in [-0.4, -0.2) is 42.0 Å². The van der Waals surface area contributed by atoms with Gasteiger partial charge in [-0.25, -0.2) is 4.98 Å². The SMILES string of the molecule is COc1cc(C2NN=C(NCC3=CC=NCC3)O2)ccc1-n1cnc(C)c1. The molecule has 1 aromatic carbocycles. The van der Waals surface area contributed by atoms with E-state index in [1.807, 2.05) is 48.2 Å². The third kappa shape index (κ3) is 3.79. The highest BCUT2D eigenvalue weighted by atomic mass is 16.5. The lowest BCUT2D eigenvalue weighted by molar-refractivity contribution is 0.183. The topological polar surface area (TPSA) is 85.1 Å². The van der Waals surface area contributed by atoms with E-state index in [1.54, 1.807) is 13.4 Å². The number of dihydropyridines is 1. The van der Waals surface area contributed by atoms with Gasteiger partial charge in [-0.1, -0.05) is 6.07 Å². The molecule has 2 aliphatic heterocycles. The van der Waals surface area contributed by atoms with Crippen LogP contribution in [-0.2, 0) is 4.74 Å². The minimum Gasteiger partial charge on any atom is -0.495 e. The quantitative estimate of drug-likeness (QED) is 0.846.